The normalized spacial score (nSPS) is 18.9. The van der Waals surface area contributed by atoms with E-state index in [9.17, 15) is 18.0 Å². The van der Waals surface area contributed by atoms with Crippen molar-refractivity contribution in [2.45, 2.75) is 19.3 Å². The molecule has 0 aliphatic carbocycles. The number of nitrogens with zero attached hydrogens (tertiary/aromatic N) is 4. The zero-order chi connectivity index (χ0) is 22.8. The molecule has 2 unspecified atom stereocenters. The highest BCUT2D eigenvalue weighted by Crippen LogP contribution is 2.46. The standard InChI is InChI=1S/C21H14F5N5O/c1-10-19(31(20(10)32)13-2-3-16-17(6-13)28-9-27-16)18-14(22)4-11(5-15(18)23)12-7-29-30(8-12)21(24,25)26/h2-10,19H,1H3,(H,27,28). The van der Waals surface area contributed by atoms with Gasteiger partial charge in [0.1, 0.15) is 11.6 Å². The number of nitrogens with one attached hydrogen (secondary N) is 1. The van der Waals surface area contributed by atoms with Gasteiger partial charge in [-0.3, -0.25) is 4.79 Å². The average Bonchev–Trinajstić information content (AvgIpc) is 3.41. The summed E-state index contributed by atoms with van der Waals surface area (Å²) < 4.78 is 68.2. The molecule has 0 saturated carbocycles. The Balaban J connectivity index is 1.53. The number of hydrogen-bond donors (Lipinski definition) is 1. The number of β-lactam (4-membered cyclic amide) rings is 1. The van der Waals surface area contributed by atoms with Crippen LogP contribution in [0.1, 0.15) is 18.5 Å². The lowest BCUT2D eigenvalue weighted by atomic mass is 9.82. The summed E-state index contributed by atoms with van der Waals surface area (Å²) >= 11 is 0. The zero-order valence-electron chi connectivity index (χ0n) is 16.4. The van der Waals surface area contributed by atoms with E-state index in [1.54, 1.807) is 25.1 Å². The van der Waals surface area contributed by atoms with E-state index in [4.69, 9.17) is 0 Å². The fraction of sp³-hybridized carbons (Fsp3) is 0.190. The summed E-state index contributed by atoms with van der Waals surface area (Å²) in [6.07, 6.45) is -1.73. The molecule has 2 atom stereocenters. The molecule has 0 spiro atoms. The second kappa shape index (κ2) is 6.87. The minimum atomic E-state index is -4.74. The van der Waals surface area contributed by atoms with Gasteiger partial charge in [-0.2, -0.15) is 9.78 Å². The van der Waals surface area contributed by atoms with Crippen LogP contribution in [-0.4, -0.2) is 25.7 Å². The van der Waals surface area contributed by atoms with Crippen LogP contribution in [0.2, 0.25) is 0 Å². The van der Waals surface area contributed by atoms with Crippen molar-refractivity contribution in [2.24, 2.45) is 5.92 Å². The molecule has 32 heavy (non-hydrogen) atoms. The maximum atomic E-state index is 15.1. The molecule has 0 bridgehead atoms. The van der Waals surface area contributed by atoms with Gasteiger partial charge in [-0.25, -0.2) is 13.8 Å². The van der Waals surface area contributed by atoms with Crippen molar-refractivity contribution >= 4 is 22.6 Å². The summed E-state index contributed by atoms with van der Waals surface area (Å²) in [7, 11) is 0. The first-order chi connectivity index (χ1) is 15.1. The molecule has 4 aromatic rings. The van der Waals surface area contributed by atoms with Crippen molar-refractivity contribution in [2.75, 3.05) is 4.90 Å². The van der Waals surface area contributed by atoms with Crippen molar-refractivity contribution in [1.82, 2.24) is 19.7 Å². The minimum absolute atomic E-state index is 0.0924. The molecule has 1 saturated heterocycles. The monoisotopic (exact) mass is 447 g/mol. The largest absolute Gasteiger partial charge is 0.504 e. The third-order valence-corrected chi connectivity index (χ3v) is 5.61. The number of carbonyl (C=O) groups is 1. The SMILES string of the molecule is CC1C(=O)N(c2ccc3[nH]cnc3c2)C1c1c(F)cc(-c2cnn(C(F)(F)F)c2)cc1F. The highest BCUT2D eigenvalue weighted by Gasteiger charge is 2.48. The Labute approximate surface area is 177 Å². The Morgan fingerprint density at radius 3 is 2.44 bits per heavy atom. The number of H-pyrrole nitrogens is 1. The lowest BCUT2D eigenvalue weighted by Crippen LogP contribution is -2.54. The number of amides is 1. The van der Waals surface area contributed by atoms with E-state index < -0.39 is 29.9 Å². The predicted molar refractivity (Wildman–Crippen MR) is 104 cm³/mol. The van der Waals surface area contributed by atoms with E-state index in [2.05, 4.69) is 15.1 Å². The summed E-state index contributed by atoms with van der Waals surface area (Å²) in [5, 5.41) is 3.19. The number of fused-ring (bicyclic) bond motifs is 1. The van der Waals surface area contributed by atoms with Gasteiger partial charge in [0.25, 0.3) is 0 Å². The van der Waals surface area contributed by atoms with Gasteiger partial charge in [0.2, 0.25) is 5.91 Å². The molecule has 3 heterocycles. The summed E-state index contributed by atoms with van der Waals surface area (Å²) in [6.45, 7) is 1.57. The zero-order valence-corrected chi connectivity index (χ0v) is 16.4. The summed E-state index contributed by atoms with van der Waals surface area (Å²) in [5.41, 5.74) is 1.25. The number of aromatic amines is 1. The summed E-state index contributed by atoms with van der Waals surface area (Å²) in [4.78, 5) is 20.9. The van der Waals surface area contributed by atoms with Crippen LogP contribution in [0.3, 0.4) is 0 Å². The number of carbonyl (C=O) groups excluding carboxylic acids is 1. The highest BCUT2D eigenvalue weighted by atomic mass is 19.4. The molecular formula is C21H14F5N5O. The maximum absolute atomic E-state index is 15.1. The number of halogens is 5. The smallest absolute Gasteiger partial charge is 0.345 e. The Morgan fingerprint density at radius 2 is 1.78 bits per heavy atom. The molecule has 6 nitrogen and oxygen atoms in total. The highest BCUT2D eigenvalue weighted by molar-refractivity contribution is 6.04. The first kappa shape index (κ1) is 20.2. The van der Waals surface area contributed by atoms with Gasteiger partial charge < -0.3 is 9.88 Å². The molecule has 1 N–H and O–H groups in total. The molecule has 11 heteroatoms. The van der Waals surface area contributed by atoms with Crippen LogP contribution in [0.5, 0.6) is 0 Å². The van der Waals surface area contributed by atoms with E-state index in [1.807, 2.05) is 0 Å². The minimum Gasteiger partial charge on any atom is -0.345 e. The predicted octanol–water partition coefficient (Wildman–Crippen LogP) is 4.90. The van der Waals surface area contributed by atoms with E-state index in [0.29, 0.717) is 17.4 Å². The van der Waals surface area contributed by atoms with Crippen LogP contribution < -0.4 is 4.90 Å². The molecule has 1 aliphatic rings. The van der Waals surface area contributed by atoms with Crippen molar-refractivity contribution in [3.63, 3.8) is 0 Å². The van der Waals surface area contributed by atoms with Crippen LogP contribution in [0.15, 0.2) is 49.1 Å². The van der Waals surface area contributed by atoms with Crippen LogP contribution in [0, 0.1) is 17.6 Å². The molecule has 164 valence electrons. The van der Waals surface area contributed by atoms with Gasteiger partial charge in [0, 0.05) is 23.0 Å². The first-order valence-corrected chi connectivity index (χ1v) is 9.52. The second-order valence-corrected chi connectivity index (χ2v) is 7.54. The Bertz CT molecular complexity index is 1340. The molecule has 1 aliphatic heterocycles. The van der Waals surface area contributed by atoms with Gasteiger partial charge in [-0.1, -0.05) is 6.92 Å². The van der Waals surface area contributed by atoms with E-state index in [1.165, 1.54) is 11.2 Å². The molecule has 0 radical (unpaired) electrons. The van der Waals surface area contributed by atoms with Crippen LogP contribution in [0.4, 0.5) is 27.6 Å². The lowest BCUT2D eigenvalue weighted by Gasteiger charge is -2.46. The number of anilines is 1. The molecule has 2 aromatic carbocycles. The Kier molecular flexibility index (Phi) is 4.33. The van der Waals surface area contributed by atoms with E-state index >= 15 is 8.78 Å². The number of aromatic nitrogens is 4. The summed E-state index contributed by atoms with van der Waals surface area (Å²) in [5.74, 6) is -2.92. The maximum Gasteiger partial charge on any atom is 0.504 e. The van der Waals surface area contributed by atoms with Gasteiger partial charge in [-0.05, 0) is 35.9 Å². The summed E-state index contributed by atoms with van der Waals surface area (Å²) in [6, 6.07) is 5.97. The third kappa shape index (κ3) is 3.03. The number of imidazole rings is 1. The van der Waals surface area contributed by atoms with E-state index in [0.717, 1.165) is 23.8 Å². The van der Waals surface area contributed by atoms with Crippen molar-refractivity contribution in [3.05, 3.63) is 66.3 Å². The fourth-order valence-corrected chi connectivity index (χ4v) is 4.01. The number of alkyl halides is 3. The Hall–Kier alpha value is -3.76. The van der Waals surface area contributed by atoms with Crippen LogP contribution >= 0.6 is 0 Å². The molecule has 5 rings (SSSR count). The van der Waals surface area contributed by atoms with Gasteiger partial charge in [0.15, 0.2) is 0 Å². The quantitative estimate of drug-likeness (QED) is 0.359. The second-order valence-electron chi connectivity index (χ2n) is 7.54. The van der Waals surface area contributed by atoms with Crippen molar-refractivity contribution < 1.29 is 26.7 Å². The van der Waals surface area contributed by atoms with Crippen molar-refractivity contribution in [1.29, 1.82) is 0 Å². The third-order valence-electron chi connectivity index (χ3n) is 5.61. The first-order valence-electron chi connectivity index (χ1n) is 9.52. The van der Waals surface area contributed by atoms with Gasteiger partial charge in [-0.15, -0.1) is 13.2 Å². The lowest BCUT2D eigenvalue weighted by molar-refractivity contribution is -0.212. The van der Waals surface area contributed by atoms with Crippen LogP contribution in [0.25, 0.3) is 22.2 Å². The number of rotatable bonds is 3. The molecule has 1 amide bonds. The van der Waals surface area contributed by atoms with Gasteiger partial charge in [0.05, 0.1) is 35.5 Å². The number of benzene rings is 2. The molecule has 2 aromatic heterocycles. The number of hydrogen-bond acceptors (Lipinski definition) is 3. The van der Waals surface area contributed by atoms with Gasteiger partial charge >= 0.3 is 6.30 Å². The molecule has 1 fully saturated rings. The topological polar surface area (TPSA) is 66.8 Å². The van der Waals surface area contributed by atoms with Crippen molar-refractivity contribution in [3.8, 4) is 11.1 Å². The average molecular weight is 447 g/mol. The molecular weight excluding hydrogens is 433 g/mol. The Morgan fingerprint density at radius 1 is 1.06 bits per heavy atom. The van der Waals surface area contributed by atoms with E-state index in [-0.39, 0.29) is 27.3 Å². The van der Waals surface area contributed by atoms with Crippen LogP contribution in [-0.2, 0) is 11.1 Å². The fourth-order valence-electron chi connectivity index (χ4n) is 4.01.